The van der Waals surface area contributed by atoms with Gasteiger partial charge >= 0.3 is 5.97 Å². The molecule has 5 nitrogen and oxygen atoms in total. The molecule has 1 aliphatic rings. The Morgan fingerprint density at radius 3 is 2.48 bits per heavy atom. The Morgan fingerprint density at radius 2 is 1.95 bits per heavy atom. The first-order valence-electron chi connectivity index (χ1n) is 7.84. The van der Waals surface area contributed by atoms with E-state index in [4.69, 9.17) is 4.74 Å². The summed E-state index contributed by atoms with van der Waals surface area (Å²) >= 11 is 0. The van der Waals surface area contributed by atoms with E-state index in [-0.39, 0.29) is 35.9 Å². The van der Waals surface area contributed by atoms with Crippen molar-refractivity contribution in [2.75, 3.05) is 33.3 Å². The number of piperidine rings is 1. The highest BCUT2D eigenvalue weighted by molar-refractivity contribution is 14.0. The summed E-state index contributed by atoms with van der Waals surface area (Å²) in [7, 11) is 1.47. The number of carbonyl (C=O) groups excluding carboxylic acids is 1. The van der Waals surface area contributed by atoms with Crippen molar-refractivity contribution in [1.82, 2.24) is 10.2 Å². The standard InChI is InChI=1S/C15H29N3O2.HI/c1-4-6-7-10-17-15(16-5-2)18-11-8-13(9-12-18)14(19)20-3;/h13H,4-12H2,1-3H3,(H,16,17);1H. The molecule has 21 heavy (non-hydrogen) atoms. The normalized spacial score (nSPS) is 16.3. The fraction of sp³-hybridized carbons (Fsp3) is 0.867. The molecule has 0 saturated carbocycles. The van der Waals surface area contributed by atoms with Crippen LogP contribution in [0.25, 0.3) is 0 Å². The summed E-state index contributed by atoms with van der Waals surface area (Å²) in [6.07, 6.45) is 5.30. The van der Waals surface area contributed by atoms with Crippen molar-refractivity contribution in [2.45, 2.75) is 46.0 Å². The molecule has 1 aliphatic heterocycles. The lowest BCUT2D eigenvalue weighted by atomic mass is 9.97. The first-order valence-corrected chi connectivity index (χ1v) is 7.84. The molecule has 0 aromatic rings. The van der Waals surface area contributed by atoms with Gasteiger partial charge in [-0.25, -0.2) is 0 Å². The third kappa shape index (κ3) is 7.33. The van der Waals surface area contributed by atoms with Crippen LogP contribution < -0.4 is 5.32 Å². The van der Waals surface area contributed by atoms with Crippen LogP contribution in [0.3, 0.4) is 0 Å². The van der Waals surface area contributed by atoms with Crippen LogP contribution in [0.1, 0.15) is 46.0 Å². The molecule has 0 unspecified atom stereocenters. The Balaban J connectivity index is 0.00000400. The largest absolute Gasteiger partial charge is 0.469 e. The number of carbonyl (C=O) groups is 1. The quantitative estimate of drug-likeness (QED) is 0.240. The Hall–Kier alpha value is -0.530. The third-order valence-electron chi connectivity index (χ3n) is 3.69. The minimum Gasteiger partial charge on any atom is -0.469 e. The molecular formula is C15H30IN3O2. The van der Waals surface area contributed by atoms with Crippen molar-refractivity contribution in [3.63, 3.8) is 0 Å². The lowest BCUT2D eigenvalue weighted by Crippen LogP contribution is -2.46. The second-order valence-corrected chi connectivity index (χ2v) is 5.23. The number of aliphatic imine (C=N–C) groups is 1. The molecule has 124 valence electrons. The number of hydrogen-bond donors (Lipinski definition) is 1. The summed E-state index contributed by atoms with van der Waals surface area (Å²) in [5, 5.41) is 3.35. The van der Waals surface area contributed by atoms with Crippen molar-refractivity contribution in [3.8, 4) is 0 Å². The van der Waals surface area contributed by atoms with Gasteiger partial charge in [0.1, 0.15) is 0 Å². The van der Waals surface area contributed by atoms with E-state index in [1.54, 1.807) is 0 Å². The minimum absolute atomic E-state index is 0. The van der Waals surface area contributed by atoms with Crippen LogP contribution in [0, 0.1) is 5.92 Å². The number of hydrogen-bond acceptors (Lipinski definition) is 3. The topological polar surface area (TPSA) is 53.9 Å². The molecule has 1 saturated heterocycles. The number of likely N-dealkylation sites (tertiary alicyclic amines) is 1. The third-order valence-corrected chi connectivity index (χ3v) is 3.69. The molecule has 0 aliphatic carbocycles. The van der Waals surface area contributed by atoms with Crippen LogP contribution in [0.2, 0.25) is 0 Å². The van der Waals surface area contributed by atoms with Gasteiger partial charge in [0, 0.05) is 26.2 Å². The fourth-order valence-corrected chi connectivity index (χ4v) is 2.47. The monoisotopic (exact) mass is 411 g/mol. The molecule has 1 fully saturated rings. The number of nitrogens with zero attached hydrogens (tertiary/aromatic N) is 2. The molecule has 0 aromatic heterocycles. The zero-order valence-corrected chi connectivity index (χ0v) is 15.9. The summed E-state index contributed by atoms with van der Waals surface area (Å²) < 4.78 is 4.82. The number of esters is 1. The molecule has 0 radical (unpaired) electrons. The molecule has 0 atom stereocenters. The van der Waals surface area contributed by atoms with Crippen LogP contribution in [0.15, 0.2) is 4.99 Å². The minimum atomic E-state index is -0.0745. The van der Waals surface area contributed by atoms with Crippen LogP contribution in [0.4, 0.5) is 0 Å². The molecule has 6 heteroatoms. The Kier molecular flexibility index (Phi) is 11.8. The molecule has 0 aromatic carbocycles. The SMILES string of the molecule is CCCCCN=C(NCC)N1CCC(C(=O)OC)CC1.I. The van der Waals surface area contributed by atoms with E-state index < -0.39 is 0 Å². The maximum atomic E-state index is 11.5. The first-order chi connectivity index (χ1) is 9.72. The number of guanidine groups is 1. The average Bonchev–Trinajstić information content (AvgIpc) is 2.50. The molecular weight excluding hydrogens is 381 g/mol. The van der Waals surface area contributed by atoms with Gasteiger partial charge in [0.05, 0.1) is 13.0 Å². The Bertz CT molecular complexity index is 316. The molecule has 0 amide bonds. The second-order valence-electron chi connectivity index (χ2n) is 5.23. The summed E-state index contributed by atoms with van der Waals surface area (Å²) in [6.45, 7) is 7.80. The van der Waals surface area contributed by atoms with Crippen LogP contribution in [-0.4, -0.2) is 50.1 Å². The van der Waals surface area contributed by atoms with Crippen molar-refractivity contribution in [1.29, 1.82) is 0 Å². The number of halogens is 1. The lowest BCUT2D eigenvalue weighted by molar-refractivity contribution is -0.146. The average molecular weight is 411 g/mol. The number of unbranched alkanes of at least 4 members (excludes halogenated alkanes) is 2. The maximum absolute atomic E-state index is 11.5. The van der Waals surface area contributed by atoms with E-state index in [1.165, 1.54) is 20.0 Å². The smallest absolute Gasteiger partial charge is 0.308 e. The van der Waals surface area contributed by atoms with Gasteiger partial charge < -0.3 is 15.0 Å². The molecule has 0 bridgehead atoms. The zero-order chi connectivity index (χ0) is 14.8. The summed E-state index contributed by atoms with van der Waals surface area (Å²) in [5.41, 5.74) is 0. The highest BCUT2D eigenvalue weighted by atomic mass is 127. The highest BCUT2D eigenvalue weighted by Crippen LogP contribution is 2.18. The van der Waals surface area contributed by atoms with Gasteiger partial charge in [-0.2, -0.15) is 0 Å². The summed E-state index contributed by atoms with van der Waals surface area (Å²) in [4.78, 5) is 18.5. The predicted molar refractivity (Wildman–Crippen MR) is 97.2 cm³/mol. The van der Waals surface area contributed by atoms with Gasteiger partial charge in [-0.1, -0.05) is 19.8 Å². The fourth-order valence-electron chi connectivity index (χ4n) is 2.47. The number of methoxy groups -OCH3 is 1. The number of nitrogens with one attached hydrogen (secondary N) is 1. The van der Waals surface area contributed by atoms with Gasteiger partial charge in [-0.3, -0.25) is 9.79 Å². The summed E-state index contributed by atoms with van der Waals surface area (Å²) in [5.74, 6) is 0.973. The molecule has 1 N–H and O–H groups in total. The van der Waals surface area contributed by atoms with Crippen molar-refractivity contribution >= 4 is 35.9 Å². The van der Waals surface area contributed by atoms with E-state index in [0.29, 0.717) is 0 Å². The van der Waals surface area contributed by atoms with Gasteiger partial charge in [-0.05, 0) is 26.2 Å². The summed E-state index contributed by atoms with van der Waals surface area (Å²) in [6, 6.07) is 0. The van der Waals surface area contributed by atoms with E-state index in [1.807, 2.05) is 0 Å². The van der Waals surface area contributed by atoms with Gasteiger partial charge in [0.2, 0.25) is 0 Å². The molecule has 1 heterocycles. The van der Waals surface area contributed by atoms with Gasteiger partial charge in [0.25, 0.3) is 0 Å². The Labute approximate surface area is 145 Å². The van der Waals surface area contributed by atoms with Gasteiger partial charge in [-0.15, -0.1) is 24.0 Å². The number of rotatable bonds is 6. The number of ether oxygens (including phenoxy) is 1. The Morgan fingerprint density at radius 1 is 1.29 bits per heavy atom. The van der Waals surface area contributed by atoms with E-state index in [0.717, 1.165) is 51.4 Å². The van der Waals surface area contributed by atoms with Crippen LogP contribution in [0.5, 0.6) is 0 Å². The first kappa shape index (κ1) is 20.5. The molecule has 1 rings (SSSR count). The van der Waals surface area contributed by atoms with Crippen molar-refractivity contribution in [3.05, 3.63) is 0 Å². The van der Waals surface area contributed by atoms with E-state index in [2.05, 4.69) is 29.1 Å². The second kappa shape index (κ2) is 12.1. The van der Waals surface area contributed by atoms with Crippen molar-refractivity contribution in [2.24, 2.45) is 10.9 Å². The van der Waals surface area contributed by atoms with Crippen LogP contribution in [-0.2, 0) is 9.53 Å². The van der Waals surface area contributed by atoms with E-state index in [9.17, 15) is 4.79 Å². The lowest BCUT2D eigenvalue weighted by Gasteiger charge is -2.33. The highest BCUT2D eigenvalue weighted by Gasteiger charge is 2.26. The van der Waals surface area contributed by atoms with Gasteiger partial charge in [0.15, 0.2) is 5.96 Å². The maximum Gasteiger partial charge on any atom is 0.308 e. The van der Waals surface area contributed by atoms with E-state index >= 15 is 0 Å². The zero-order valence-electron chi connectivity index (χ0n) is 13.6. The predicted octanol–water partition coefficient (Wildman–Crippen LogP) is 2.65. The van der Waals surface area contributed by atoms with Crippen LogP contribution >= 0.6 is 24.0 Å². The van der Waals surface area contributed by atoms with Crippen molar-refractivity contribution < 1.29 is 9.53 Å². The molecule has 0 spiro atoms.